The monoisotopic (exact) mass is 1670 g/mol. The summed E-state index contributed by atoms with van der Waals surface area (Å²) < 4.78 is 231. The fraction of sp³-hybridized carbons (Fsp3) is 0.802. The zero-order valence-electron chi connectivity index (χ0n) is 71.0. The Kier molecular flexibility index (Phi) is 40.6. The van der Waals surface area contributed by atoms with Crippen LogP contribution >= 0.6 is 0 Å². The Morgan fingerprint density at radius 3 is 0.607 bits per heavy atom. The van der Waals surface area contributed by atoms with E-state index in [2.05, 4.69) is 11.8 Å². The number of hydrogen-bond acceptors (Lipinski definition) is 36. The van der Waals surface area contributed by atoms with Crippen molar-refractivity contribution < 1.29 is 171 Å². The first-order valence-corrected chi connectivity index (χ1v) is 38.7. The highest BCUT2D eigenvalue weighted by molar-refractivity contribution is 5.40. The third-order valence-corrected chi connectivity index (χ3v) is 22.2. The van der Waals surface area contributed by atoms with Gasteiger partial charge in [0, 0.05) is 160 Å². The van der Waals surface area contributed by atoms with Crippen LogP contribution in [0.3, 0.4) is 0 Å². The molecule has 0 aromatic heterocycles. The van der Waals surface area contributed by atoms with Gasteiger partial charge in [0.15, 0.2) is 44.0 Å². The molecule has 0 bridgehead atoms. The largest absolute Gasteiger partial charge is 0.382 e. The summed E-state index contributed by atoms with van der Waals surface area (Å²) in [6.45, 7) is 0.208. The van der Waals surface area contributed by atoms with Gasteiger partial charge in [-0.2, -0.15) is 0 Å². The minimum atomic E-state index is -1.25. The Balaban J connectivity index is 0.904. The van der Waals surface area contributed by atoms with Gasteiger partial charge in [-0.3, -0.25) is 0 Å². The zero-order chi connectivity index (χ0) is 84.4. The molecule has 0 aliphatic carbocycles. The maximum Gasteiger partial charge on any atom is 0.187 e. The van der Waals surface area contributed by atoms with Crippen molar-refractivity contribution in [1.82, 2.24) is 0 Å². The molecule has 9 rings (SSSR count). The van der Waals surface area contributed by atoms with Crippen LogP contribution in [0.1, 0.15) is 22.3 Å². The van der Waals surface area contributed by atoms with Crippen molar-refractivity contribution in [3.8, 4) is 24.7 Å². The minimum Gasteiger partial charge on any atom is -0.382 e. The van der Waals surface area contributed by atoms with Gasteiger partial charge in [0.1, 0.15) is 171 Å². The smallest absolute Gasteiger partial charge is 0.187 e. The fourth-order valence-corrected chi connectivity index (χ4v) is 16.7. The molecule has 7 heterocycles. The van der Waals surface area contributed by atoms with E-state index in [-0.39, 0.29) is 59.5 Å². The molecule has 36 nitrogen and oxygen atoms in total. The van der Waals surface area contributed by atoms with E-state index in [0.29, 0.717) is 11.1 Å². The van der Waals surface area contributed by atoms with E-state index in [0.717, 1.165) is 11.1 Å². The van der Waals surface area contributed by atoms with Gasteiger partial charge >= 0.3 is 0 Å². The van der Waals surface area contributed by atoms with Gasteiger partial charge in [0.05, 0.1) is 59.5 Å². The van der Waals surface area contributed by atoms with E-state index in [4.69, 9.17) is 183 Å². The summed E-state index contributed by atoms with van der Waals surface area (Å²) in [4.78, 5) is 0. The van der Waals surface area contributed by atoms with Crippen LogP contribution < -0.4 is 0 Å². The van der Waals surface area contributed by atoms with Crippen LogP contribution in [-0.4, -0.2) is 410 Å². The van der Waals surface area contributed by atoms with Crippen LogP contribution in [0.5, 0.6) is 0 Å². The van der Waals surface area contributed by atoms with E-state index < -0.39 is 215 Å². The molecule has 117 heavy (non-hydrogen) atoms. The Morgan fingerprint density at radius 2 is 0.402 bits per heavy atom. The average Bonchev–Trinajstić information content (AvgIpc) is 0.775. The highest BCUT2D eigenvalue weighted by atomic mass is 16.8. The number of methoxy groups -OCH3 is 21. The molecule has 2 aromatic rings. The summed E-state index contributed by atoms with van der Waals surface area (Å²) in [6, 6.07) is 15.0. The van der Waals surface area contributed by atoms with Gasteiger partial charge < -0.3 is 171 Å². The minimum absolute atomic E-state index is 0.0152. The molecular formula is C81H126O36. The molecule has 1 unspecified atom stereocenters. The molecule has 35 atom stereocenters. The molecular weight excluding hydrogens is 1550 g/mol. The molecule has 0 N–H and O–H groups in total. The highest BCUT2D eigenvalue weighted by Gasteiger charge is 2.62. The first kappa shape index (κ1) is 96.9. The molecule has 0 amide bonds. The van der Waals surface area contributed by atoms with Crippen molar-refractivity contribution in [3.63, 3.8) is 0 Å². The van der Waals surface area contributed by atoms with Gasteiger partial charge in [0.2, 0.25) is 0 Å². The maximum atomic E-state index is 7.08. The van der Waals surface area contributed by atoms with Crippen LogP contribution in [0.25, 0.3) is 0 Å². The summed E-state index contributed by atoms with van der Waals surface area (Å²) in [5.74, 6) is 5.43. The number of benzene rings is 2. The quantitative estimate of drug-likeness (QED) is 0.0854. The number of terminal acetylenes is 2. The fourth-order valence-electron chi connectivity index (χ4n) is 16.7. The van der Waals surface area contributed by atoms with Crippen LogP contribution in [-0.2, 0) is 184 Å². The van der Waals surface area contributed by atoms with Crippen LogP contribution in [0.2, 0.25) is 0 Å². The van der Waals surface area contributed by atoms with Gasteiger partial charge in [-0.25, -0.2) is 0 Å². The molecule has 0 radical (unpaired) electrons. The number of hydrogen-bond donors (Lipinski definition) is 0. The van der Waals surface area contributed by atoms with E-state index in [1.807, 2.05) is 48.5 Å². The van der Waals surface area contributed by atoms with E-state index in [1.54, 1.807) is 21.3 Å². The SMILES string of the molecule is C#Cc1ccccc1COC1O[C@H](COC)[C@@H](O[C@H]2O[C@H](COC)[C@@H](O[C@H]3O[C@H](COC)[C@@H](O[C@H]4O[C@H](COC)[C@@H](O[C@H]5O[C@H](COC)[C@@H](O[C@H]6O[C@H](COC)[C@@H](O[C@H]7O[C@H](COC)[C@@H](OCc8ccccc8C#C)[C@H](OC)[C@H]7OC)[C@H](OC)[C@H]6OC)[C@H](OC)[C@H]5OC)[C@H](OC)[C@H]4OC)[C@H](OC)[C@H]3OC)[C@H](OC)[C@H]2OC)[C@H](OC)[C@H]1OC. The van der Waals surface area contributed by atoms with Gasteiger partial charge in [0.25, 0.3) is 0 Å². The molecule has 666 valence electrons. The Morgan fingerprint density at radius 1 is 0.222 bits per heavy atom. The maximum absolute atomic E-state index is 7.08. The first-order valence-electron chi connectivity index (χ1n) is 38.7. The summed E-state index contributed by atoms with van der Waals surface area (Å²) in [7, 11) is 31.9. The molecule has 7 fully saturated rings. The molecule has 7 aliphatic heterocycles. The van der Waals surface area contributed by atoms with Crippen LogP contribution in [0.15, 0.2) is 48.5 Å². The molecule has 7 aliphatic rings. The summed E-state index contributed by atoms with van der Waals surface area (Å²) in [5.41, 5.74) is 2.96. The number of rotatable bonds is 46. The van der Waals surface area contributed by atoms with Crippen molar-refractivity contribution in [2.24, 2.45) is 0 Å². The van der Waals surface area contributed by atoms with E-state index in [9.17, 15) is 0 Å². The lowest BCUT2D eigenvalue weighted by atomic mass is 9.94. The van der Waals surface area contributed by atoms with E-state index in [1.165, 1.54) is 128 Å². The van der Waals surface area contributed by atoms with Crippen molar-refractivity contribution in [1.29, 1.82) is 0 Å². The predicted molar refractivity (Wildman–Crippen MR) is 406 cm³/mol. The lowest BCUT2D eigenvalue weighted by Crippen LogP contribution is -2.69. The van der Waals surface area contributed by atoms with Crippen LogP contribution in [0, 0.1) is 24.7 Å². The van der Waals surface area contributed by atoms with Crippen molar-refractivity contribution in [2.75, 3.05) is 196 Å². The lowest BCUT2D eigenvalue weighted by Gasteiger charge is -2.52. The normalized spacial score (nSPS) is 39.4. The highest BCUT2D eigenvalue weighted by Crippen LogP contribution is 2.43. The van der Waals surface area contributed by atoms with Crippen LogP contribution in [0.4, 0.5) is 0 Å². The molecule has 2 aromatic carbocycles. The first-order chi connectivity index (χ1) is 57.0. The summed E-state index contributed by atoms with van der Waals surface area (Å²) in [6.07, 6.45) is -22.5. The second kappa shape index (κ2) is 49.0. The summed E-state index contributed by atoms with van der Waals surface area (Å²) >= 11 is 0. The Labute approximate surface area is 687 Å². The van der Waals surface area contributed by atoms with Crippen molar-refractivity contribution >= 4 is 0 Å². The van der Waals surface area contributed by atoms with E-state index >= 15 is 0 Å². The second-order valence-electron chi connectivity index (χ2n) is 28.6. The lowest BCUT2D eigenvalue weighted by molar-refractivity contribution is -0.404. The molecule has 0 saturated carbocycles. The Hall–Kier alpha value is -3.88. The van der Waals surface area contributed by atoms with Gasteiger partial charge in [-0.15, -0.1) is 12.8 Å². The Bertz CT molecular complexity index is 3210. The van der Waals surface area contributed by atoms with Gasteiger partial charge in [-0.05, 0) is 23.3 Å². The number of ether oxygens (including phenoxy) is 36. The second-order valence-corrected chi connectivity index (χ2v) is 28.6. The third-order valence-electron chi connectivity index (χ3n) is 22.2. The average molecular weight is 1680 g/mol. The predicted octanol–water partition coefficient (Wildman–Crippen LogP) is 1.87. The standard InChI is InChI=1S/C81H126O36/c1-24-43-30-26-28-32-45(43)34-103-54-47(36-82-3)106-76(69(97-18)61(54)89-10)113-56-49(38-84-5)108-78(71(99-20)63(56)91-12)115-58-51(40-86-7)110-80(73(101-22)65(58)93-14)117-60-53(42-88-9)111-81(74(102-23)67(60)95-16)116-59-52(41-87-8)109-79(72(100-21)66(59)94-15)114-57-50(39-85-6)107-77(70(98-19)64(57)92-13)112-55-48(37-83-4)105-75(68(96-17)62(55)90-11)104-35-46-33-29-27-31-44(46)25-2/h1-2,26-33,47-81H,34-42H2,3-23H3/t47-,48-,49-,50-,51-,52-,53-,54-,55-,56-,57-,58-,59-,60-,61+,62+,63+,64+,65+,66+,67+,68-,69-,70-,71-,72-,73-,74-,75?,76-,77-,78-,79-,80-,81-/m1/s1. The topological polar surface area (TPSA) is 332 Å². The van der Waals surface area contributed by atoms with Gasteiger partial charge in [-0.1, -0.05) is 48.2 Å². The summed E-state index contributed by atoms with van der Waals surface area (Å²) in [5, 5.41) is 0. The van der Waals surface area contributed by atoms with Crippen molar-refractivity contribution in [2.45, 2.75) is 228 Å². The molecule has 7 saturated heterocycles. The molecule has 0 spiro atoms. The third kappa shape index (κ3) is 22.6. The van der Waals surface area contributed by atoms with Crippen molar-refractivity contribution in [3.05, 3.63) is 70.8 Å². The molecule has 36 heteroatoms. The zero-order valence-corrected chi connectivity index (χ0v) is 71.0.